The molecule has 1 spiro atoms. The van der Waals surface area contributed by atoms with E-state index in [-0.39, 0.29) is 30.1 Å². The number of nitrogens with one attached hydrogen (secondary N) is 1. The van der Waals surface area contributed by atoms with Crippen molar-refractivity contribution in [2.24, 2.45) is 5.92 Å². The summed E-state index contributed by atoms with van der Waals surface area (Å²) in [5.74, 6) is -1.02. The van der Waals surface area contributed by atoms with Crippen LogP contribution in [0.2, 0.25) is 0 Å². The maximum Gasteiger partial charge on any atom is 0.325 e. The fourth-order valence-electron chi connectivity index (χ4n) is 3.98. The third-order valence-electron chi connectivity index (χ3n) is 5.55. The maximum absolute atomic E-state index is 13.1. The molecule has 2 fully saturated rings. The molecule has 2 aliphatic rings. The molecule has 6 nitrogen and oxygen atoms in total. The van der Waals surface area contributed by atoms with E-state index in [0.717, 1.165) is 24.2 Å². The Morgan fingerprint density at radius 1 is 1.31 bits per heavy atom. The number of anilines is 1. The van der Waals surface area contributed by atoms with E-state index >= 15 is 0 Å². The summed E-state index contributed by atoms with van der Waals surface area (Å²) >= 11 is 0. The summed E-state index contributed by atoms with van der Waals surface area (Å²) in [5, 5.41) is 2.85. The molecule has 1 aromatic rings. The molecule has 1 saturated carbocycles. The third kappa shape index (κ3) is 3.06. The van der Waals surface area contributed by atoms with Gasteiger partial charge in [0.25, 0.3) is 5.91 Å². The van der Waals surface area contributed by atoms with E-state index in [1.807, 2.05) is 6.92 Å². The van der Waals surface area contributed by atoms with Gasteiger partial charge in [-0.25, -0.2) is 9.18 Å². The third-order valence-corrected chi connectivity index (χ3v) is 5.55. The molecule has 0 aromatic heterocycles. The topological polar surface area (TPSA) is 69.7 Å². The van der Waals surface area contributed by atoms with E-state index in [1.165, 1.54) is 29.2 Å². The molecule has 0 unspecified atom stereocenters. The van der Waals surface area contributed by atoms with Gasteiger partial charge in [0, 0.05) is 12.2 Å². The molecule has 1 N–H and O–H groups in total. The summed E-state index contributed by atoms with van der Waals surface area (Å²) in [6.45, 7) is 3.80. The quantitative estimate of drug-likeness (QED) is 0.839. The summed E-state index contributed by atoms with van der Waals surface area (Å²) in [7, 11) is 0. The molecular weight excluding hydrogens is 337 g/mol. The first-order valence-electron chi connectivity index (χ1n) is 9.09. The Morgan fingerprint density at radius 2 is 2.00 bits per heavy atom. The zero-order valence-corrected chi connectivity index (χ0v) is 15.1. The fourth-order valence-corrected chi connectivity index (χ4v) is 3.98. The van der Waals surface area contributed by atoms with Crippen molar-refractivity contribution in [1.29, 1.82) is 0 Å². The second kappa shape index (κ2) is 7.05. The van der Waals surface area contributed by atoms with Crippen LogP contribution in [0.25, 0.3) is 0 Å². The second-order valence-corrected chi connectivity index (χ2v) is 7.05. The van der Waals surface area contributed by atoms with E-state index in [0.29, 0.717) is 18.7 Å². The van der Waals surface area contributed by atoms with Gasteiger partial charge in [-0.2, -0.15) is 0 Å². The zero-order valence-electron chi connectivity index (χ0n) is 15.1. The molecule has 2 atom stereocenters. The number of nitrogens with zero attached hydrogens (tertiary/aromatic N) is 2. The highest BCUT2D eigenvalue weighted by Gasteiger charge is 2.55. The Labute approximate surface area is 152 Å². The van der Waals surface area contributed by atoms with Crippen LogP contribution in [-0.2, 0) is 9.59 Å². The lowest BCUT2D eigenvalue weighted by molar-refractivity contribution is -0.136. The standard InChI is InChI=1S/C19H24FN3O3/c1-3-22(15-9-7-14(20)8-10-15)16(24)12-23-17(25)19(21-18(23)26)11-5-4-6-13(19)2/h7-10,13H,3-6,11-12H2,1-2H3,(H,21,26)/t13-,19+/m1/s1. The summed E-state index contributed by atoms with van der Waals surface area (Å²) in [6.07, 6.45) is 3.41. The smallest absolute Gasteiger partial charge is 0.323 e. The van der Waals surface area contributed by atoms with Crippen LogP contribution in [0.3, 0.4) is 0 Å². The lowest BCUT2D eigenvalue weighted by Gasteiger charge is -2.36. The Balaban J connectivity index is 1.77. The molecule has 0 bridgehead atoms. The lowest BCUT2D eigenvalue weighted by atomic mass is 9.73. The summed E-state index contributed by atoms with van der Waals surface area (Å²) < 4.78 is 13.1. The van der Waals surface area contributed by atoms with E-state index in [2.05, 4.69) is 5.32 Å². The van der Waals surface area contributed by atoms with Crippen LogP contribution in [0.1, 0.15) is 39.5 Å². The van der Waals surface area contributed by atoms with Crippen molar-refractivity contribution in [3.8, 4) is 0 Å². The number of halogens is 1. The number of hydrogen-bond acceptors (Lipinski definition) is 3. The second-order valence-electron chi connectivity index (χ2n) is 7.05. The maximum atomic E-state index is 13.1. The number of carbonyl (C=O) groups is 3. The molecule has 0 radical (unpaired) electrons. The first-order valence-corrected chi connectivity index (χ1v) is 9.09. The van der Waals surface area contributed by atoms with Gasteiger partial charge in [-0.15, -0.1) is 0 Å². The monoisotopic (exact) mass is 361 g/mol. The van der Waals surface area contributed by atoms with Crippen molar-refractivity contribution < 1.29 is 18.8 Å². The first kappa shape index (κ1) is 18.4. The van der Waals surface area contributed by atoms with E-state index < -0.39 is 11.6 Å². The first-order chi connectivity index (χ1) is 12.4. The molecule has 7 heteroatoms. The van der Waals surface area contributed by atoms with Gasteiger partial charge in [-0.05, 0) is 49.9 Å². The number of imide groups is 1. The zero-order chi connectivity index (χ0) is 18.9. The van der Waals surface area contributed by atoms with Crippen LogP contribution in [-0.4, -0.2) is 41.4 Å². The molecule has 1 aliphatic carbocycles. The Kier molecular flexibility index (Phi) is 4.98. The molecule has 140 valence electrons. The van der Waals surface area contributed by atoms with Gasteiger partial charge in [0.05, 0.1) is 0 Å². The van der Waals surface area contributed by atoms with E-state index in [9.17, 15) is 18.8 Å². The van der Waals surface area contributed by atoms with Crippen LogP contribution in [0.5, 0.6) is 0 Å². The number of likely N-dealkylation sites (N-methyl/N-ethyl adjacent to an activating group) is 1. The highest BCUT2D eigenvalue weighted by molar-refractivity contribution is 6.10. The molecule has 1 heterocycles. The fraction of sp³-hybridized carbons (Fsp3) is 0.526. The Morgan fingerprint density at radius 3 is 2.62 bits per heavy atom. The minimum absolute atomic E-state index is 0.0483. The number of carbonyl (C=O) groups excluding carboxylic acids is 3. The van der Waals surface area contributed by atoms with Crippen molar-refractivity contribution in [2.45, 2.75) is 45.1 Å². The van der Waals surface area contributed by atoms with Gasteiger partial charge in [0.15, 0.2) is 0 Å². The highest BCUT2D eigenvalue weighted by Crippen LogP contribution is 2.38. The van der Waals surface area contributed by atoms with E-state index in [1.54, 1.807) is 6.92 Å². The largest absolute Gasteiger partial charge is 0.325 e. The molecule has 3 rings (SSSR count). The van der Waals surface area contributed by atoms with Crippen molar-refractivity contribution in [3.05, 3.63) is 30.1 Å². The van der Waals surface area contributed by atoms with Gasteiger partial charge in [-0.3, -0.25) is 14.5 Å². The van der Waals surface area contributed by atoms with Crippen LogP contribution in [0, 0.1) is 11.7 Å². The number of amides is 4. The average molecular weight is 361 g/mol. The minimum atomic E-state index is -0.872. The lowest BCUT2D eigenvalue weighted by Crippen LogP contribution is -2.54. The van der Waals surface area contributed by atoms with Crippen LogP contribution in [0.15, 0.2) is 24.3 Å². The highest BCUT2D eigenvalue weighted by atomic mass is 19.1. The summed E-state index contributed by atoms with van der Waals surface area (Å²) in [4.78, 5) is 40.5. The number of rotatable bonds is 4. The Hall–Kier alpha value is -2.44. The molecule has 26 heavy (non-hydrogen) atoms. The predicted octanol–water partition coefficient (Wildman–Crippen LogP) is 2.68. The number of hydrogen-bond donors (Lipinski definition) is 1. The molecular formula is C19H24FN3O3. The van der Waals surface area contributed by atoms with Gasteiger partial charge in [0.1, 0.15) is 17.9 Å². The van der Waals surface area contributed by atoms with Crippen LogP contribution in [0.4, 0.5) is 14.9 Å². The molecule has 1 saturated heterocycles. The van der Waals surface area contributed by atoms with Gasteiger partial charge in [0.2, 0.25) is 5.91 Å². The summed E-state index contributed by atoms with van der Waals surface area (Å²) in [6, 6.07) is 5.06. The van der Waals surface area contributed by atoms with Crippen molar-refractivity contribution >= 4 is 23.5 Å². The molecule has 1 aliphatic heterocycles. The van der Waals surface area contributed by atoms with Gasteiger partial charge < -0.3 is 10.2 Å². The predicted molar refractivity (Wildman–Crippen MR) is 95.0 cm³/mol. The normalized spacial score (nSPS) is 25.5. The summed E-state index contributed by atoms with van der Waals surface area (Å²) in [5.41, 5.74) is -0.339. The molecule has 1 aromatic carbocycles. The molecule has 4 amide bonds. The van der Waals surface area contributed by atoms with E-state index in [4.69, 9.17) is 0 Å². The minimum Gasteiger partial charge on any atom is -0.323 e. The average Bonchev–Trinajstić information content (AvgIpc) is 2.85. The van der Waals surface area contributed by atoms with Crippen molar-refractivity contribution in [3.63, 3.8) is 0 Å². The SMILES string of the molecule is CCN(C(=O)CN1C(=O)N[C@]2(CCCC[C@H]2C)C1=O)c1ccc(F)cc1. The van der Waals surface area contributed by atoms with Gasteiger partial charge >= 0.3 is 6.03 Å². The van der Waals surface area contributed by atoms with Crippen molar-refractivity contribution in [1.82, 2.24) is 10.2 Å². The van der Waals surface area contributed by atoms with Crippen molar-refractivity contribution in [2.75, 3.05) is 18.0 Å². The van der Waals surface area contributed by atoms with Crippen LogP contribution >= 0.6 is 0 Å². The number of urea groups is 1. The van der Waals surface area contributed by atoms with Gasteiger partial charge in [-0.1, -0.05) is 19.8 Å². The van der Waals surface area contributed by atoms with Crippen LogP contribution < -0.4 is 10.2 Å². The number of benzene rings is 1. The Bertz CT molecular complexity index is 721.